The Morgan fingerprint density at radius 3 is 2.53 bits per heavy atom. The number of ether oxygens (including phenoxy) is 1. The van der Waals surface area contributed by atoms with Gasteiger partial charge in [-0.2, -0.15) is 4.98 Å². The zero-order valence-corrected chi connectivity index (χ0v) is 22.2. The number of sulfone groups is 1. The van der Waals surface area contributed by atoms with Crippen molar-refractivity contribution in [1.29, 1.82) is 0 Å². The number of hydrogen-bond acceptors (Lipinski definition) is 7. The van der Waals surface area contributed by atoms with Crippen molar-refractivity contribution in [3.05, 3.63) is 77.9 Å². The summed E-state index contributed by atoms with van der Waals surface area (Å²) in [7, 11) is -2.93. The van der Waals surface area contributed by atoms with E-state index in [9.17, 15) is 13.2 Å². The third-order valence-electron chi connectivity index (χ3n) is 6.56. The molecule has 0 radical (unpaired) electrons. The Morgan fingerprint density at radius 1 is 1.00 bits per heavy atom. The lowest BCUT2D eigenvalue weighted by Crippen LogP contribution is -2.40. The van der Waals surface area contributed by atoms with Gasteiger partial charge < -0.3 is 19.4 Å². The highest BCUT2D eigenvalue weighted by Gasteiger charge is 2.19. The van der Waals surface area contributed by atoms with Crippen molar-refractivity contribution in [3.63, 3.8) is 0 Å². The maximum Gasteiger partial charge on any atom is 0.300 e. The number of benzene rings is 3. The summed E-state index contributed by atoms with van der Waals surface area (Å²) in [5.41, 5.74) is 5.85. The van der Waals surface area contributed by atoms with Crippen LogP contribution >= 0.6 is 0 Å². The van der Waals surface area contributed by atoms with E-state index in [2.05, 4.69) is 10.3 Å². The molecule has 1 aliphatic heterocycles. The Morgan fingerprint density at radius 2 is 1.76 bits per heavy atom. The minimum Gasteiger partial charge on any atom is -0.423 e. The molecule has 0 unspecified atom stereocenters. The molecule has 5 rings (SSSR count). The summed E-state index contributed by atoms with van der Waals surface area (Å²) in [6, 6.07) is 21.7. The largest absolute Gasteiger partial charge is 0.423 e. The highest BCUT2D eigenvalue weighted by Crippen LogP contribution is 2.32. The number of para-hydroxylation sites is 1. The van der Waals surface area contributed by atoms with Crippen LogP contribution in [0, 0.1) is 0 Å². The molecule has 0 bridgehead atoms. The number of aryl methyl sites for hydroxylation is 1. The van der Waals surface area contributed by atoms with Gasteiger partial charge in [-0.15, -0.1) is 0 Å². The van der Waals surface area contributed by atoms with Crippen LogP contribution in [0.2, 0.25) is 0 Å². The second-order valence-corrected chi connectivity index (χ2v) is 11.8. The van der Waals surface area contributed by atoms with Gasteiger partial charge >= 0.3 is 0 Å². The van der Waals surface area contributed by atoms with Gasteiger partial charge in [-0.3, -0.25) is 4.79 Å². The number of aromatic nitrogens is 1. The molecule has 1 amide bonds. The lowest BCUT2D eigenvalue weighted by molar-refractivity contribution is 0.0303. The van der Waals surface area contributed by atoms with Crippen LogP contribution in [-0.4, -0.2) is 62.5 Å². The zero-order chi connectivity index (χ0) is 26.5. The van der Waals surface area contributed by atoms with E-state index in [-0.39, 0.29) is 11.7 Å². The molecule has 8 nitrogen and oxygen atoms in total. The first kappa shape index (κ1) is 25.9. The SMILES string of the molecule is CS(=O)(=O)CCCCc1cccc(Nc2nc3cccc(-c4ccc(C(=O)N5CCOCC5)cc4)c3o2)c1. The van der Waals surface area contributed by atoms with E-state index in [1.165, 1.54) is 6.26 Å². The Hall–Kier alpha value is -3.69. The van der Waals surface area contributed by atoms with Crippen LogP contribution in [0.15, 0.2) is 71.1 Å². The Balaban J connectivity index is 1.29. The highest BCUT2D eigenvalue weighted by molar-refractivity contribution is 7.90. The topological polar surface area (TPSA) is 102 Å². The first-order valence-electron chi connectivity index (χ1n) is 12.8. The normalized spacial score (nSPS) is 14.1. The van der Waals surface area contributed by atoms with Gasteiger partial charge in [0, 0.05) is 41.9 Å². The van der Waals surface area contributed by atoms with E-state index in [4.69, 9.17) is 9.15 Å². The number of anilines is 2. The average molecular weight is 534 g/mol. The fourth-order valence-electron chi connectivity index (χ4n) is 4.59. The van der Waals surface area contributed by atoms with Gasteiger partial charge in [-0.25, -0.2) is 8.42 Å². The monoisotopic (exact) mass is 533 g/mol. The van der Waals surface area contributed by atoms with E-state index in [1.54, 1.807) is 0 Å². The number of carbonyl (C=O) groups excluding carboxylic acids is 1. The number of fused-ring (bicyclic) bond motifs is 1. The first-order chi connectivity index (χ1) is 18.4. The maximum absolute atomic E-state index is 12.8. The quantitative estimate of drug-likeness (QED) is 0.300. The Bertz CT molecular complexity index is 1520. The van der Waals surface area contributed by atoms with Gasteiger partial charge in [0.25, 0.3) is 11.9 Å². The molecule has 3 aromatic carbocycles. The van der Waals surface area contributed by atoms with Gasteiger partial charge in [0.2, 0.25) is 0 Å². The summed E-state index contributed by atoms with van der Waals surface area (Å²) < 4.78 is 34.2. The minimum absolute atomic E-state index is 0.0156. The summed E-state index contributed by atoms with van der Waals surface area (Å²) in [4.78, 5) is 19.2. The number of nitrogens with zero attached hydrogens (tertiary/aromatic N) is 2. The van der Waals surface area contributed by atoms with E-state index in [0.29, 0.717) is 49.9 Å². The van der Waals surface area contributed by atoms with Gasteiger partial charge in [0.1, 0.15) is 15.4 Å². The number of hydrogen-bond donors (Lipinski definition) is 1. The molecule has 1 aliphatic rings. The second kappa shape index (κ2) is 11.4. The molecule has 0 aliphatic carbocycles. The first-order valence-corrected chi connectivity index (χ1v) is 14.8. The fraction of sp³-hybridized carbons (Fsp3) is 0.310. The summed E-state index contributed by atoms with van der Waals surface area (Å²) >= 11 is 0. The van der Waals surface area contributed by atoms with Crippen molar-refractivity contribution in [3.8, 4) is 11.1 Å². The van der Waals surface area contributed by atoms with E-state index in [1.807, 2.05) is 71.6 Å². The van der Waals surface area contributed by atoms with Crippen LogP contribution in [0.25, 0.3) is 22.2 Å². The molecule has 38 heavy (non-hydrogen) atoms. The molecule has 0 atom stereocenters. The standard InChI is InChI=1S/C29H31N3O5S/c1-38(34,35)19-3-2-6-21-7-4-8-24(20-21)30-29-31-26-10-5-9-25(27(26)37-29)22-11-13-23(14-12-22)28(33)32-15-17-36-18-16-32/h4-5,7-14,20H,2-3,6,15-19H2,1H3,(H,30,31). The van der Waals surface area contributed by atoms with Gasteiger partial charge in [0.05, 0.1) is 13.2 Å². The van der Waals surface area contributed by atoms with Crippen molar-refractivity contribution >= 4 is 38.5 Å². The third-order valence-corrected chi connectivity index (χ3v) is 7.60. The molecule has 198 valence electrons. The Labute approximate surface area is 222 Å². The lowest BCUT2D eigenvalue weighted by atomic mass is 10.0. The molecule has 1 fully saturated rings. The molecule has 4 aromatic rings. The van der Waals surface area contributed by atoms with Crippen LogP contribution in [-0.2, 0) is 21.0 Å². The van der Waals surface area contributed by atoms with Gasteiger partial charge in [-0.05, 0) is 60.7 Å². The van der Waals surface area contributed by atoms with Crippen molar-refractivity contribution in [2.24, 2.45) is 0 Å². The van der Waals surface area contributed by atoms with E-state index in [0.717, 1.165) is 40.7 Å². The van der Waals surface area contributed by atoms with Crippen molar-refractivity contribution in [1.82, 2.24) is 9.88 Å². The maximum atomic E-state index is 12.8. The summed E-state index contributed by atoms with van der Waals surface area (Å²) in [6.45, 7) is 2.37. The lowest BCUT2D eigenvalue weighted by Gasteiger charge is -2.26. The van der Waals surface area contributed by atoms with Crippen LogP contribution < -0.4 is 5.32 Å². The molecule has 2 heterocycles. The number of rotatable bonds is 9. The number of nitrogens with one attached hydrogen (secondary N) is 1. The minimum atomic E-state index is -2.93. The zero-order valence-electron chi connectivity index (χ0n) is 21.4. The predicted molar refractivity (Wildman–Crippen MR) is 149 cm³/mol. The fourth-order valence-corrected chi connectivity index (χ4v) is 5.32. The molecule has 0 spiro atoms. The smallest absolute Gasteiger partial charge is 0.300 e. The van der Waals surface area contributed by atoms with Crippen molar-refractivity contribution in [2.45, 2.75) is 19.3 Å². The van der Waals surface area contributed by atoms with E-state index >= 15 is 0 Å². The second-order valence-electron chi connectivity index (χ2n) is 9.57. The Kier molecular flexibility index (Phi) is 7.76. The number of carbonyl (C=O) groups is 1. The number of oxazole rings is 1. The molecular weight excluding hydrogens is 502 g/mol. The molecular formula is C29H31N3O5S. The molecule has 1 aromatic heterocycles. The highest BCUT2D eigenvalue weighted by atomic mass is 32.2. The summed E-state index contributed by atoms with van der Waals surface area (Å²) in [5, 5.41) is 3.25. The van der Waals surface area contributed by atoms with Crippen molar-refractivity contribution in [2.75, 3.05) is 43.6 Å². The van der Waals surface area contributed by atoms with Crippen LogP contribution in [0.1, 0.15) is 28.8 Å². The molecule has 1 saturated heterocycles. The number of amides is 1. The third kappa shape index (κ3) is 6.41. The molecule has 1 N–H and O–H groups in total. The van der Waals surface area contributed by atoms with Crippen LogP contribution in [0.3, 0.4) is 0 Å². The van der Waals surface area contributed by atoms with E-state index < -0.39 is 9.84 Å². The number of morpholine rings is 1. The van der Waals surface area contributed by atoms with Crippen LogP contribution in [0.4, 0.5) is 11.7 Å². The molecule has 0 saturated carbocycles. The van der Waals surface area contributed by atoms with Crippen molar-refractivity contribution < 1.29 is 22.4 Å². The molecule has 9 heteroatoms. The number of unbranched alkanes of at least 4 members (excludes halogenated alkanes) is 1. The average Bonchev–Trinajstić information content (AvgIpc) is 3.33. The predicted octanol–water partition coefficient (Wildman–Crippen LogP) is 5.08. The summed E-state index contributed by atoms with van der Waals surface area (Å²) in [6.07, 6.45) is 3.52. The van der Waals surface area contributed by atoms with Gasteiger partial charge in [-0.1, -0.05) is 36.4 Å². The van der Waals surface area contributed by atoms with Crippen LogP contribution in [0.5, 0.6) is 0 Å². The summed E-state index contributed by atoms with van der Waals surface area (Å²) in [5.74, 6) is 0.227. The van der Waals surface area contributed by atoms with Gasteiger partial charge in [0.15, 0.2) is 5.58 Å².